The van der Waals surface area contributed by atoms with Gasteiger partial charge in [-0.05, 0) is 43.4 Å². The lowest BCUT2D eigenvalue weighted by Gasteiger charge is -2.04. The standard InChI is InChI=1S/C13H16O4S/c14-13(15)3-1-2-10-4-6-11(7-5-10)18(16,17)12-8-9-12/h4-7,12H,1-3,8-9H2,(H,14,15). The highest BCUT2D eigenvalue weighted by atomic mass is 32.2. The molecular weight excluding hydrogens is 252 g/mol. The summed E-state index contributed by atoms with van der Waals surface area (Å²) in [4.78, 5) is 10.8. The molecular formula is C13H16O4S. The summed E-state index contributed by atoms with van der Waals surface area (Å²) >= 11 is 0. The molecule has 98 valence electrons. The van der Waals surface area contributed by atoms with E-state index in [1.165, 1.54) is 0 Å². The van der Waals surface area contributed by atoms with Crippen molar-refractivity contribution in [1.82, 2.24) is 0 Å². The highest BCUT2D eigenvalue weighted by Crippen LogP contribution is 2.33. The number of carbonyl (C=O) groups is 1. The van der Waals surface area contributed by atoms with Gasteiger partial charge in [0.05, 0.1) is 10.1 Å². The van der Waals surface area contributed by atoms with Crippen LogP contribution in [0.25, 0.3) is 0 Å². The minimum absolute atomic E-state index is 0.141. The van der Waals surface area contributed by atoms with E-state index >= 15 is 0 Å². The van der Waals surface area contributed by atoms with E-state index in [0.717, 1.165) is 18.4 Å². The number of carboxylic acid groups (broad SMARTS) is 1. The molecule has 0 atom stereocenters. The molecule has 1 aromatic carbocycles. The maximum Gasteiger partial charge on any atom is 0.303 e. The van der Waals surface area contributed by atoms with Crippen molar-refractivity contribution in [3.05, 3.63) is 29.8 Å². The third-order valence-electron chi connectivity index (χ3n) is 3.07. The Hall–Kier alpha value is -1.36. The van der Waals surface area contributed by atoms with E-state index in [9.17, 15) is 13.2 Å². The summed E-state index contributed by atoms with van der Waals surface area (Å²) in [6.45, 7) is 0. The highest BCUT2D eigenvalue weighted by Gasteiger charge is 2.36. The molecule has 0 aliphatic heterocycles. The summed E-state index contributed by atoms with van der Waals surface area (Å²) in [7, 11) is -3.11. The zero-order chi connectivity index (χ0) is 13.2. The Labute approximate surface area is 107 Å². The number of aliphatic carboxylic acids is 1. The third-order valence-corrected chi connectivity index (χ3v) is 5.35. The van der Waals surface area contributed by atoms with Crippen LogP contribution in [0.1, 0.15) is 31.2 Å². The van der Waals surface area contributed by atoms with Crippen LogP contribution in [0.3, 0.4) is 0 Å². The minimum atomic E-state index is -3.11. The summed E-state index contributed by atoms with van der Waals surface area (Å²) in [5.74, 6) is -0.803. The Balaban J connectivity index is 1.99. The molecule has 1 N–H and O–H groups in total. The third kappa shape index (κ3) is 3.10. The van der Waals surface area contributed by atoms with Gasteiger partial charge >= 0.3 is 5.97 Å². The number of hydrogen-bond donors (Lipinski definition) is 1. The van der Waals surface area contributed by atoms with E-state index in [1.807, 2.05) is 0 Å². The van der Waals surface area contributed by atoms with E-state index in [0.29, 0.717) is 17.7 Å². The molecule has 0 spiro atoms. The second-order valence-electron chi connectivity index (χ2n) is 4.64. The summed E-state index contributed by atoms with van der Waals surface area (Å²) in [6, 6.07) is 6.81. The smallest absolute Gasteiger partial charge is 0.303 e. The fourth-order valence-corrected chi connectivity index (χ4v) is 3.52. The first kappa shape index (κ1) is 13.1. The average molecular weight is 268 g/mol. The highest BCUT2D eigenvalue weighted by molar-refractivity contribution is 7.92. The van der Waals surface area contributed by atoms with Crippen LogP contribution in [0.4, 0.5) is 0 Å². The molecule has 1 aliphatic carbocycles. The van der Waals surface area contributed by atoms with Crippen molar-refractivity contribution >= 4 is 15.8 Å². The molecule has 1 aliphatic rings. The van der Waals surface area contributed by atoms with Gasteiger partial charge in [0.1, 0.15) is 0 Å². The molecule has 5 heteroatoms. The molecule has 18 heavy (non-hydrogen) atoms. The number of carboxylic acids is 1. The number of sulfone groups is 1. The number of benzene rings is 1. The molecule has 0 radical (unpaired) electrons. The molecule has 0 heterocycles. The molecule has 2 rings (SSSR count). The molecule has 0 amide bonds. The van der Waals surface area contributed by atoms with Crippen LogP contribution in [0.5, 0.6) is 0 Å². The second-order valence-corrected chi connectivity index (χ2v) is 6.86. The van der Waals surface area contributed by atoms with Crippen molar-refractivity contribution in [2.75, 3.05) is 0 Å². The topological polar surface area (TPSA) is 71.4 Å². The Morgan fingerprint density at radius 2 is 1.83 bits per heavy atom. The lowest BCUT2D eigenvalue weighted by Crippen LogP contribution is -2.06. The summed E-state index contributed by atoms with van der Waals surface area (Å²) < 4.78 is 23.9. The maximum atomic E-state index is 11.9. The van der Waals surface area contributed by atoms with E-state index in [2.05, 4.69) is 0 Å². The molecule has 1 fully saturated rings. The van der Waals surface area contributed by atoms with Gasteiger partial charge in [-0.15, -0.1) is 0 Å². The van der Waals surface area contributed by atoms with E-state index < -0.39 is 15.8 Å². The predicted molar refractivity (Wildman–Crippen MR) is 67.2 cm³/mol. The van der Waals surface area contributed by atoms with Crippen molar-refractivity contribution in [2.45, 2.75) is 42.2 Å². The molecule has 0 bridgehead atoms. The molecule has 0 aromatic heterocycles. The summed E-state index contributed by atoms with van der Waals surface area (Å²) in [6.07, 6.45) is 2.91. The van der Waals surface area contributed by atoms with Crippen LogP contribution in [0, 0.1) is 0 Å². The van der Waals surface area contributed by atoms with Gasteiger partial charge < -0.3 is 5.11 Å². The van der Waals surface area contributed by atoms with Gasteiger partial charge in [-0.1, -0.05) is 12.1 Å². The molecule has 0 unspecified atom stereocenters. The second kappa shape index (κ2) is 5.10. The van der Waals surface area contributed by atoms with Crippen LogP contribution in [-0.4, -0.2) is 24.7 Å². The minimum Gasteiger partial charge on any atom is -0.481 e. The molecule has 1 aromatic rings. The zero-order valence-electron chi connectivity index (χ0n) is 10.0. The maximum absolute atomic E-state index is 11.9. The normalized spacial score (nSPS) is 15.6. The Bertz CT molecular complexity index is 527. The monoisotopic (exact) mass is 268 g/mol. The van der Waals surface area contributed by atoms with Crippen LogP contribution >= 0.6 is 0 Å². The van der Waals surface area contributed by atoms with Gasteiger partial charge in [0.25, 0.3) is 0 Å². The first-order valence-electron chi connectivity index (χ1n) is 6.05. The number of rotatable bonds is 6. The van der Waals surface area contributed by atoms with Crippen LogP contribution < -0.4 is 0 Å². The first-order chi connectivity index (χ1) is 8.50. The quantitative estimate of drug-likeness (QED) is 0.857. The fraction of sp³-hybridized carbons (Fsp3) is 0.462. The van der Waals surface area contributed by atoms with Gasteiger partial charge in [0, 0.05) is 6.42 Å². The van der Waals surface area contributed by atoms with Gasteiger partial charge in [-0.25, -0.2) is 8.42 Å². The molecule has 1 saturated carbocycles. The van der Waals surface area contributed by atoms with Crippen molar-refractivity contribution in [2.24, 2.45) is 0 Å². The van der Waals surface area contributed by atoms with Crippen LogP contribution in [0.15, 0.2) is 29.2 Å². The first-order valence-corrected chi connectivity index (χ1v) is 7.59. The van der Waals surface area contributed by atoms with E-state index in [-0.39, 0.29) is 11.7 Å². The lowest BCUT2D eigenvalue weighted by molar-refractivity contribution is -0.137. The summed E-state index contributed by atoms with van der Waals surface area (Å²) in [5.41, 5.74) is 0.978. The Morgan fingerprint density at radius 3 is 2.33 bits per heavy atom. The van der Waals surface area contributed by atoms with Crippen molar-refractivity contribution < 1.29 is 18.3 Å². The molecule has 0 saturated heterocycles. The number of aryl methyl sites for hydroxylation is 1. The molecule has 4 nitrogen and oxygen atoms in total. The average Bonchev–Trinajstić information content (AvgIpc) is 3.13. The van der Waals surface area contributed by atoms with Gasteiger partial charge in [-0.2, -0.15) is 0 Å². The van der Waals surface area contributed by atoms with Gasteiger partial charge in [0.2, 0.25) is 0 Å². The SMILES string of the molecule is O=C(O)CCCc1ccc(S(=O)(=O)C2CC2)cc1. The van der Waals surface area contributed by atoms with Crippen LogP contribution in [0.2, 0.25) is 0 Å². The van der Waals surface area contributed by atoms with E-state index in [4.69, 9.17) is 5.11 Å². The fourth-order valence-electron chi connectivity index (χ4n) is 1.86. The van der Waals surface area contributed by atoms with Crippen LogP contribution in [-0.2, 0) is 21.1 Å². The van der Waals surface area contributed by atoms with E-state index in [1.54, 1.807) is 24.3 Å². The predicted octanol–water partition coefficient (Wildman–Crippen LogP) is 2.03. The Morgan fingerprint density at radius 1 is 1.22 bits per heavy atom. The van der Waals surface area contributed by atoms with Gasteiger partial charge in [0.15, 0.2) is 9.84 Å². The van der Waals surface area contributed by atoms with Crippen molar-refractivity contribution in [3.8, 4) is 0 Å². The number of hydrogen-bond acceptors (Lipinski definition) is 3. The van der Waals surface area contributed by atoms with Gasteiger partial charge in [-0.3, -0.25) is 4.79 Å². The zero-order valence-corrected chi connectivity index (χ0v) is 10.8. The largest absolute Gasteiger partial charge is 0.481 e. The van der Waals surface area contributed by atoms with Crippen molar-refractivity contribution in [1.29, 1.82) is 0 Å². The summed E-state index contributed by atoms with van der Waals surface area (Å²) in [5, 5.41) is 8.35. The lowest BCUT2D eigenvalue weighted by atomic mass is 10.1. The Kier molecular flexibility index (Phi) is 3.71. The van der Waals surface area contributed by atoms with Crippen molar-refractivity contribution in [3.63, 3.8) is 0 Å².